The smallest absolute Gasteiger partial charge is 0.326 e. The fourth-order valence-corrected chi connectivity index (χ4v) is 2.28. The van der Waals surface area contributed by atoms with E-state index in [2.05, 4.69) is 5.32 Å². The maximum atomic E-state index is 12.4. The lowest BCUT2D eigenvalue weighted by Gasteiger charge is -2.27. The van der Waals surface area contributed by atoms with Crippen molar-refractivity contribution in [2.45, 2.75) is 37.8 Å². The summed E-state index contributed by atoms with van der Waals surface area (Å²) in [6.07, 6.45) is 0.875. The van der Waals surface area contributed by atoms with E-state index >= 15 is 0 Å². The second-order valence-corrected chi connectivity index (χ2v) is 4.86. The maximum Gasteiger partial charge on any atom is 0.326 e. The number of carbonyl (C=O) groups excluding carboxylic acids is 3. The van der Waals surface area contributed by atoms with Gasteiger partial charge in [-0.05, 0) is 19.3 Å². The zero-order chi connectivity index (χ0) is 16.0. The maximum absolute atomic E-state index is 12.4. The Kier molecular flexibility index (Phi) is 6.10. The van der Waals surface area contributed by atoms with Crippen LogP contribution in [0.5, 0.6) is 0 Å². The van der Waals surface area contributed by atoms with Gasteiger partial charge in [-0.15, -0.1) is 0 Å². The lowest BCUT2D eigenvalue weighted by atomic mass is 10.1. The zero-order valence-electron chi connectivity index (χ0n) is 11.6. The van der Waals surface area contributed by atoms with E-state index in [1.807, 2.05) is 0 Å². The quantitative estimate of drug-likeness (QED) is 0.417. The molecule has 1 saturated heterocycles. The van der Waals surface area contributed by atoms with Crippen LogP contribution in [0.2, 0.25) is 0 Å². The summed E-state index contributed by atoms with van der Waals surface area (Å²) in [4.78, 5) is 46.9. The average molecular weight is 300 g/mol. The molecule has 0 spiro atoms. The van der Waals surface area contributed by atoms with Gasteiger partial charge < -0.3 is 26.8 Å². The highest BCUT2D eigenvalue weighted by molar-refractivity contribution is 5.91. The predicted molar refractivity (Wildman–Crippen MR) is 71.8 cm³/mol. The van der Waals surface area contributed by atoms with E-state index in [1.165, 1.54) is 4.90 Å². The fourth-order valence-electron chi connectivity index (χ4n) is 2.28. The third-order valence-electron chi connectivity index (χ3n) is 3.32. The highest BCUT2D eigenvalue weighted by Gasteiger charge is 2.37. The average Bonchev–Trinajstić information content (AvgIpc) is 2.91. The molecule has 0 saturated carbocycles. The summed E-state index contributed by atoms with van der Waals surface area (Å²) in [5, 5.41) is 11.5. The van der Waals surface area contributed by atoms with E-state index in [4.69, 9.17) is 16.6 Å². The summed E-state index contributed by atoms with van der Waals surface area (Å²) < 4.78 is 0. The number of carboxylic acids is 1. The normalized spacial score (nSPS) is 19.1. The number of rotatable bonds is 7. The van der Waals surface area contributed by atoms with Crippen LogP contribution in [0, 0.1) is 0 Å². The van der Waals surface area contributed by atoms with Crippen LogP contribution in [0.4, 0.5) is 0 Å². The second kappa shape index (κ2) is 7.58. The van der Waals surface area contributed by atoms with Crippen LogP contribution in [-0.4, -0.2) is 58.9 Å². The highest BCUT2D eigenvalue weighted by Crippen LogP contribution is 2.19. The Balaban J connectivity index is 2.79. The molecule has 1 heterocycles. The summed E-state index contributed by atoms with van der Waals surface area (Å²) in [5.74, 6) is -2.77. The van der Waals surface area contributed by atoms with Crippen molar-refractivity contribution in [3.63, 3.8) is 0 Å². The number of nitrogens with two attached hydrogens (primary N) is 2. The first-order chi connectivity index (χ1) is 9.86. The molecule has 2 atom stereocenters. The van der Waals surface area contributed by atoms with Gasteiger partial charge in [0.25, 0.3) is 0 Å². The Morgan fingerprint density at radius 2 is 2.00 bits per heavy atom. The standard InChI is InChI=1S/C12H20N4O5/c13-6-10(18)15-7(3-4-9(14)17)11(19)16-5-1-2-8(16)12(20)21/h7-8H,1-6,13H2,(H2,14,17)(H,15,18)(H,20,21). The number of carboxylic acid groups (broad SMARTS) is 1. The van der Waals surface area contributed by atoms with Crippen LogP contribution in [0.3, 0.4) is 0 Å². The van der Waals surface area contributed by atoms with Crippen molar-refractivity contribution in [2.24, 2.45) is 11.5 Å². The topological polar surface area (TPSA) is 156 Å². The largest absolute Gasteiger partial charge is 0.480 e. The molecule has 2 unspecified atom stereocenters. The summed E-state index contributed by atoms with van der Waals surface area (Å²) in [6.45, 7) is 0.00405. The van der Waals surface area contributed by atoms with E-state index < -0.39 is 35.8 Å². The zero-order valence-corrected chi connectivity index (χ0v) is 11.6. The van der Waals surface area contributed by atoms with Gasteiger partial charge in [-0.1, -0.05) is 0 Å². The van der Waals surface area contributed by atoms with Crippen LogP contribution in [0.25, 0.3) is 0 Å². The SMILES string of the molecule is NCC(=O)NC(CCC(N)=O)C(=O)N1CCCC1C(=O)O. The third kappa shape index (κ3) is 4.71. The van der Waals surface area contributed by atoms with Gasteiger partial charge in [0.05, 0.1) is 6.54 Å². The predicted octanol–water partition coefficient (Wildman–Crippen LogP) is -2.23. The number of hydrogen-bond acceptors (Lipinski definition) is 5. The molecule has 0 aromatic carbocycles. The number of likely N-dealkylation sites (tertiary alicyclic amines) is 1. The molecule has 9 heteroatoms. The summed E-state index contributed by atoms with van der Waals surface area (Å²) in [6, 6.07) is -1.89. The van der Waals surface area contributed by atoms with Crippen LogP contribution in [-0.2, 0) is 19.2 Å². The lowest BCUT2D eigenvalue weighted by Crippen LogP contribution is -2.52. The Morgan fingerprint density at radius 1 is 1.33 bits per heavy atom. The molecule has 0 aromatic rings. The van der Waals surface area contributed by atoms with Crippen molar-refractivity contribution in [3.8, 4) is 0 Å². The van der Waals surface area contributed by atoms with E-state index in [9.17, 15) is 19.2 Å². The molecule has 118 valence electrons. The molecule has 0 aromatic heterocycles. The number of nitrogens with zero attached hydrogens (tertiary/aromatic N) is 1. The second-order valence-electron chi connectivity index (χ2n) is 4.86. The number of amides is 3. The molecule has 6 N–H and O–H groups in total. The van der Waals surface area contributed by atoms with Crippen LogP contribution in [0.1, 0.15) is 25.7 Å². The first-order valence-corrected chi connectivity index (χ1v) is 6.67. The molecule has 1 aliphatic heterocycles. The summed E-state index contributed by atoms with van der Waals surface area (Å²) in [7, 11) is 0. The van der Waals surface area contributed by atoms with Gasteiger partial charge in [0.15, 0.2) is 0 Å². The lowest BCUT2D eigenvalue weighted by molar-refractivity contribution is -0.149. The number of hydrogen-bond donors (Lipinski definition) is 4. The minimum absolute atomic E-state index is 0.0166. The van der Waals surface area contributed by atoms with Crippen LogP contribution in [0.15, 0.2) is 0 Å². The molecule has 9 nitrogen and oxygen atoms in total. The van der Waals surface area contributed by atoms with Crippen molar-refractivity contribution in [1.29, 1.82) is 0 Å². The van der Waals surface area contributed by atoms with Crippen molar-refractivity contribution in [3.05, 3.63) is 0 Å². The Hall–Kier alpha value is -2.16. The number of carbonyl (C=O) groups is 4. The number of primary amides is 1. The third-order valence-corrected chi connectivity index (χ3v) is 3.32. The van der Waals surface area contributed by atoms with Gasteiger partial charge in [-0.3, -0.25) is 14.4 Å². The molecule has 1 fully saturated rings. The van der Waals surface area contributed by atoms with Crippen molar-refractivity contribution in [2.75, 3.05) is 13.1 Å². The van der Waals surface area contributed by atoms with E-state index in [-0.39, 0.29) is 19.4 Å². The summed E-state index contributed by atoms with van der Waals surface area (Å²) in [5.41, 5.74) is 10.2. The fraction of sp³-hybridized carbons (Fsp3) is 0.667. The molecule has 1 aliphatic rings. The van der Waals surface area contributed by atoms with Crippen molar-refractivity contribution >= 4 is 23.7 Å². The minimum atomic E-state index is -1.08. The minimum Gasteiger partial charge on any atom is -0.480 e. The molecule has 3 amide bonds. The number of aliphatic carboxylic acids is 1. The Morgan fingerprint density at radius 3 is 2.52 bits per heavy atom. The van der Waals surface area contributed by atoms with Crippen molar-refractivity contribution < 1.29 is 24.3 Å². The Labute approximate surface area is 121 Å². The van der Waals surface area contributed by atoms with E-state index in [1.54, 1.807) is 0 Å². The van der Waals surface area contributed by atoms with E-state index in [0.29, 0.717) is 19.4 Å². The first kappa shape index (κ1) is 16.9. The van der Waals surface area contributed by atoms with Gasteiger partial charge in [-0.2, -0.15) is 0 Å². The van der Waals surface area contributed by atoms with Crippen LogP contribution >= 0.6 is 0 Å². The number of nitrogens with one attached hydrogen (secondary N) is 1. The molecule has 0 aliphatic carbocycles. The molecule has 0 radical (unpaired) electrons. The summed E-state index contributed by atoms with van der Waals surface area (Å²) >= 11 is 0. The van der Waals surface area contributed by atoms with Gasteiger partial charge in [-0.25, -0.2) is 4.79 Å². The van der Waals surface area contributed by atoms with Gasteiger partial charge >= 0.3 is 5.97 Å². The molecule has 21 heavy (non-hydrogen) atoms. The van der Waals surface area contributed by atoms with Gasteiger partial charge in [0.2, 0.25) is 17.7 Å². The monoisotopic (exact) mass is 300 g/mol. The molecular weight excluding hydrogens is 280 g/mol. The molecule has 0 bridgehead atoms. The van der Waals surface area contributed by atoms with Gasteiger partial charge in [0, 0.05) is 13.0 Å². The molecular formula is C12H20N4O5. The molecule has 1 rings (SSSR count). The van der Waals surface area contributed by atoms with Crippen molar-refractivity contribution in [1.82, 2.24) is 10.2 Å². The van der Waals surface area contributed by atoms with E-state index in [0.717, 1.165) is 0 Å². The van der Waals surface area contributed by atoms with Gasteiger partial charge in [0.1, 0.15) is 12.1 Å². The Bertz CT molecular complexity index is 439. The van der Waals surface area contributed by atoms with Crippen LogP contribution < -0.4 is 16.8 Å². The highest BCUT2D eigenvalue weighted by atomic mass is 16.4. The first-order valence-electron chi connectivity index (χ1n) is 6.67.